The van der Waals surface area contributed by atoms with Crippen molar-refractivity contribution in [2.24, 2.45) is 12.0 Å². The summed E-state index contributed by atoms with van der Waals surface area (Å²) < 4.78 is 2.04. The molecule has 0 aliphatic carbocycles. The maximum Gasteiger partial charge on any atom is 0.194 e. The molecule has 2 aromatic heterocycles. The molecule has 0 unspecified atom stereocenters. The monoisotopic (exact) mass is 461 g/mol. The highest BCUT2D eigenvalue weighted by Crippen LogP contribution is 2.14. The number of nitrogens with zero attached hydrogens (tertiary/aromatic N) is 4. The third kappa shape index (κ3) is 6.32. The third-order valence-electron chi connectivity index (χ3n) is 3.55. The SMILES string of the molecule is CCNC(=NCCc1cccnc1)N(C)Cc1cc(Cl)cn1C.I. The predicted octanol–water partition coefficient (Wildman–Crippen LogP) is 3.33. The molecule has 2 heterocycles. The molecule has 0 atom stereocenters. The van der Waals surface area contributed by atoms with E-state index in [1.807, 2.05) is 43.2 Å². The van der Waals surface area contributed by atoms with Gasteiger partial charge in [-0.2, -0.15) is 0 Å². The van der Waals surface area contributed by atoms with E-state index in [0.717, 1.165) is 42.7 Å². The number of guanidine groups is 1. The molecular formula is C17H25ClIN5. The van der Waals surface area contributed by atoms with E-state index in [2.05, 4.69) is 28.2 Å². The standard InChI is InChI=1S/C17H24ClN5.HI/c1-4-20-17(21-9-7-14-6-5-8-19-11-14)23(3)13-16-10-15(18)12-22(16)2;/h5-6,8,10-12H,4,7,9,13H2,1-3H3,(H,20,21);1H. The minimum absolute atomic E-state index is 0. The average molecular weight is 462 g/mol. The fraction of sp³-hybridized carbons (Fsp3) is 0.412. The van der Waals surface area contributed by atoms with E-state index in [9.17, 15) is 0 Å². The Morgan fingerprint density at radius 3 is 2.83 bits per heavy atom. The second-order valence-electron chi connectivity index (χ2n) is 5.46. The van der Waals surface area contributed by atoms with E-state index in [4.69, 9.17) is 16.6 Å². The van der Waals surface area contributed by atoms with Gasteiger partial charge < -0.3 is 14.8 Å². The Bertz CT molecular complexity index is 642. The molecule has 2 rings (SSSR count). The summed E-state index contributed by atoms with van der Waals surface area (Å²) in [5.41, 5.74) is 2.35. The normalized spacial score (nSPS) is 11.1. The van der Waals surface area contributed by atoms with Crippen LogP contribution in [0.25, 0.3) is 0 Å². The maximum absolute atomic E-state index is 6.05. The topological polar surface area (TPSA) is 45.5 Å². The number of nitrogens with one attached hydrogen (secondary N) is 1. The van der Waals surface area contributed by atoms with Crippen LogP contribution in [0.4, 0.5) is 0 Å². The van der Waals surface area contributed by atoms with Crippen molar-refractivity contribution >= 4 is 41.5 Å². The lowest BCUT2D eigenvalue weighted by atomic mass is 10.2. The molecule has 0 bridgehead atoms. The molecule has 0 amide bonds. The van der Waals surface area contributed by atoms with Crippen LogP contribution in [0.15, 0.2) is 41.8 Å². The number of hydrogen-bond acceptors (Lipinski definition) is 2. The first kappa shape index (κ1) is 20.8. The Balaban J connectivity index is 0.00000288. The van der Waals surface area contributed by atoms with Crippen LogP contribution in [0.2, 0.25) is 5.02 Å². The first-order valence-corrected chi connectivity index (χ1v) is 8.17. The zero-order valence-corrected chi connectivity index (χ0v) is 17.5. The van der Waals surface area contributed by atoms with Crippen molar-refractivity contribution in [2.75, 3.05) is 20.1 Å². The van der Waals surface area contributed by atoms with E-state index in [1.165, 1.54) is 5.56 Å². The van der Waals surface area contributed by atoms with Gasteiger partial charge in [0.2, 0.25) is 0 Å². The first-order valence-electron chi connectivity index (χ1n) is 7.79. The predicted molar refractivity (Wildman–Crippen MR) is 111 cm³/mol. The average Bonchev–Trinajstić information content (AvgIpc) is 2.85. The van der Waals surface area contributed by atoms with Gasteiger partial charge in [-0.3, -0.25) is 9.98 Å². The van der Waals surface area contributed by atoms with E-state index in [0.29, 0.717) is 0 Å². The molecule has 132 valence electrons. The minimum Gasteiger partial charge on any atom is -0.357 e. The number of pyridine rings is 1. The van der Waals surface area contributed by atoms with Crippen molar-refractivity contribution in [3.8, 4) is 0 Å². The zero-order chi connectivity index (χ0) is 16.7. The van der Waals surface area contributed by atoms with Crippen molar-refractivity contribution in [3.63, 3.8) is 0 Å². The molecule has 0 aromatic carbocycles. The fourth-order valence-electron chi connectivity index (χ4n) is 2.35. The summed E-state index contributed by atoms with van der Waals surface area (Å²) in [5, 5.41) is 4.09. The van der Waals surface area contributed by atoms with Gasteiger partial charge in [-0.25, -0.2) is 0 Å². The number of halogens is 2. The lowest BCUT2D eigenvalue weighted by Gasteiger charge is -2.22. The second kappa shape index (κ2) is 10.6. The van der Waals surface area contributed by atoms with Gasteiger partial charge in [0.25, 0.3) is 0 Å². The van der Waals surface area contributed by atoms with Gasteiger partial charge in [0, 0.05) is 51.5 Å². The van der Waals surface area contributed by atoms with Crippen LogP contribution in [-0.4, -0.2) is 40.5 Å². The Labute approximate surface area is 166 Å². The van der Waals surface area contributed by atoms with Gasteiger partial charge in [-0.15, -0.1) is 24.0 Å². The lowest BCUT2D eigenvalue weighted by Crippen LogP contribution is -2.39. The molecule has 24 heavy (non-hydrogen) atoms. The van der Waals surface area contributed by atoms with Crippen molar-refractivity contribution in [3.05, 3.63) is 53.1 Å². The molecule has 0 saturated carbocycles. The summed E-state index contributed by atoms with van der Waals surface area (Å²) in [6.07, 6.45) is 6.47. The summed E-state index contributed by atoms with van der Waals surface area (Å²) in [6, 6.07) is 6.01. The van der Waals surface area contributed by atoms with Gasteiger partial charge in [-0.1, -0.05) is 17.7 Å². The first-order chi connectivity index (χ1) is 11.1. The molecule has 1 N–H and O–H groups in total. The largest absolute Gasteiger partial charge is 0.357 e. The van der Waals surface area contributed by atoms with E-state index in [-0.39, 0.29) is 24.0 Å². The van der Waals surface area contributed by atoms with Crippen LogP contribution >= 0.6 is 35.6 Å². The number of aliphatic imine (C=N–C) groups is 1. The van der Waals surface area contributed by atoms with Crippen LogP contribution in [0, 0.1) is 0 Å². The number of rotatable bonds is 6. The Morgan fingerprint density at radius 1 is 1.46 bits per heavy atom. The number of aromatic nitrogens is 2. The number of hydrogen-bond donors (Lipinski definition) is 1. The van der Waals surface area contributed by atoms with Gasteiger partial charge in [0.15, 0.2) is 5.96 Å². The Hall–Kier alpha value is -1.28. The van der Waals surface area contributed by atoms with E-state index < -0.39 is 0 Å². The highest BCUT2D eigenvalue weighted by atomic mass is 127. The van der Waals surface area contributed by atoms with Crippen LogP contribution in [0.3, 0.4) is 0 Å². The third-order valence-corrected chi connectivity index (χ3v) is 3.76. The molecular weight excluding hydrogens is 437 g/mol. The summed E-state index contributed by atoms with van der Waals surface area (Å²) in [4.78, 5) is 10.9. The summed E-state index contributed by atoms with van der Waals surface area (Å²) in [5.74, 6) is 0.897. The second-order valence-corrected chi connectivity index (χ2v) is 5.90. The van der Waals surface area contributed by atoms with Crippen LogP contribution in [0.1, 0.15) is 18.2 Å². The van der Waals surface area contributed by atoms with Crippen LogP contribution in [0.5, 0.6) is 0 Å². The van der Waals surface area contributed by atoms with Crippen molar-refractivity contribution in [1.82, 2.24) is 19.8 Å². The lowest BCUT2D eigenvalue weighted by molar-refractivity contribution is 0.462. The van der Waals surface area contributed by atoms with Crippen molar-refractivity contribution in [1.29, 1.82) is 0 Å². The van der Waals surface area contributed by atoms with Crippen molar-refractivity contribution < 1.29 is 0 Å². The highest BCUT2D eigenvalue weighted by molar-refractivity contribution is 14.0. The Morgan fingerprint density at radius 2 is 2.25 bits per heavy atom. The van der Waals surface area contributed by atoms with E-state index in [1.54, 1.807) is 6.20 Å². The molecule has 0 aliphatic rings. The van der Waals surface area contributed by atoms with Crippen LogP contribution < -0.4 is 5.32 Å². The molecule has 7 heteroatoms. The van der Waals surface area contributed by atoms with Gasteiger partial charge in [0.1, 0.15) is 0 Å². The summed E-state index contributed by atoms with van der Waals surface area (Å²) in [7, 11) is 4.04. The molecule has 5 nitrogen and oxygen atoms in total. The molecule has 0 saturated heterocycles. The highest BCUT2D eigenvalue weighted by Gasteiger charge is 2.09. The summed E-state index contributed by atoms with van der Waals surface area (Å²) >= 11 is 6.05. The molecule has 0 fully saturated rings. The maximum atomic E-state index is 6.05. The van der Waals surface area contributed by atoms with Gasteiger partial charge in [0.05, 0.1) is 11.6 Å². The zero-order valence-electron chi connectivity index (χ0n) is 14.4. The number of aryl methyl sites for hydroxylation is 1. The van der Waals surface area contributed by atoms with Crippen molar-refractivity contribution in [2.45, 2.75) is 19.9 Å². The summed E-state index contributed by atoms with van der Waals surface area (Å²) in [6.45, 7) is 4.39. The smallest absolute Gasteiger partial charge is 0.194 e. The molecule has 0 radical (unpaired) electrons. The molecule has 0 aliphatic heterocycles. The van der Waals surface area contributed by atoms with Crippen LogP contribution in [-0.2, 0) is 20.0 Å². The quantitative estimate of drug-likeness (QED) is 0.408. The minimum atomic E-state index is 0. The van der Waals surface area contributed by atoms with E-state index >= 15 is 0 Å². The fourth-order valence-corrected chi connectivity index (χ4v) is 2.62. The molecule has 0 spiro atoms. The van der Waals surface area contributed by atoms with Gasteiger partial charge >= 0.3 is 0 Å². The molecule has 2 aromatic rings. The van der Waals surface area contributed by atoms with Gasteiger partial charge in [-0.05, 0) is 31.0 Å². The Kier molecular flexibility index (Phi) is 9.13.